The Morgan fingerprint density at radius 1 is 1.50 bits per heavy atom. The lowest BCUT2D eigenvalue weighted by molar-refractivity contribution is -0.148. The van der Waals surface area contributed by atoms with Crippen LogP contribution in [0.5, 0.6) is 0 Å². The van der Waals surface area contributed by atoms with Crippen molar-refractivity contribution in [2.75, 3.05) is 13.2 Å². The van der Waals surface area contributed by atoms with E-state index in [1.807, 2.05) is 13.8 Å². The molecule has 3 N–H and O–H groups in total. The Kier molecular flexibility index (Phi) is 4.14. The molecule has 6 nitrogen and oxygen atoms in total. The summed E-state index contributed by atoms with van der Waals surface area (Å²) in [4.78, 5) is 11.3. The summed E-state index contributed by atoms with van der Waals surface area (Å²) in [6, 6.07) is 0. The van der Waals surface area contributed by atoms with E-state index < -0.39 is 30.5 Å². The highest BCUT2D eigenvalue weighted by Crippen LogP contribution is 2.24. The highest BCUT2D eigenvalue weighted by molar-refractivity contribution is 5.89. The van der Waals surface area contributed by atoms with Crippen molar-refractivity contribution in [2.24, 2.45) is 5.92 Å². The first-order chi connectivity index (χ1) is 7.47. The van der Waals surface area contributed by atoms with Gasteiger partial charge in [-0.05, 0) is 5.92 Å². The summed E-state index contributed by atoms with van der Waals surface area (Å²) in [5, 5.41) is 27.5. The first kappa shape index (κ1) is 12.8. The van der Waals surface area contributed by atoms with E-state index in [1.165, 1.54) is 0 Å². The largest absolute Gasteiger partial charge is 0.505 e. The van der Waals surface area contributed by atoms with Crippen LogP contribution in [0, 0.1) is 5.92 Å². The second kappa shape index (κ2) is 5.18. The Labute approximate surface area is 93.1 Å². The molecule has 0 saturated carbocycles. The quantitative estimate of drug-likeness (QED) is 0.563. The molecule has 0 aromatic carbocycles. The molecule has 0 spiro atoms. The van der Waals surface area contributed by atoms with E-state index in [9.17, 15) is 15.0 Å². The van der Waals surface area contributed by atoms with E-state index in [-0.39, 0.29) is 18.3 Å². The van der Waals surface area contributed by atoms with E-state index in [0.717, 1.165) is 0 Å². The molecular weight excluding hydrogens is 216 g/mol. The summed E-state index contributed by atoms with van der Waals surface area (Å²) in [5.74, 6) is -1.39. The molecule has 1 aliphatic heterocycles. The predicted octanol–water partition coefficient (Wildman–Crippen LogP) is -0.293. The minimum atomic E-state index is -1.34. The standard InChI is InChI=1S/C10H16O6/c1-5(2)4-15-9-7(13)8(6(12)3-11)16-10(9)14/h5-6,8,11-13H,3-4H2,1-2H3/t6-,8+/m0/s1. The van der Waals surface area contributed by atoms with E-state index in [4.69, 9.17) is 9.84 Å². The maximum Gasteiger partial charge on any atom is 0.378 e. The minimum Gasteiger partial charge on any atom is -0.505 e. The fraction of sp³-hybridized carbons (Fsp3) is 0.700. The summed E-state index contributed by atoms with van der Waals surface area (Å²) >= 11 is 0. The van der Waals surface area contributed by atoms with Crippen molar-refractivity contribution in [1.29, 1.82) is 0 Å². The Morgan fingerprint density at radius 3 is 2.62 bits per heavy atom. The third-order valence-corrected chi connectivity index (χ3v) is 2.02. The number of esters is 1. The number of hydrogen-bond acceptors (Lipinski definition) is 6. The number of rotatable bonds is 5. The van der Waals surface area contributed by atoms with Crippen LogP contribution in [-0.2, 0) is 14.3 Å². The fourth-order valence-corrected chi connectivity index (χ4v) is 1.20. The van der Waals surface area contributed by atoms with Crippen LogP contribution in [-0.4, -0.2) is 46.7 Å². The second-order valence-electron chi connectivity index (χ2n) is 4.00. The number of aliphatic hydroxyl groups excluding tert-OH is 3. The summed E-state index contributed by atoms with van der Waals surface area (Å²) in [6.45, 7) is 3.42. The van der Waals surface area contributed by atoms with Gasteiger partial charge < -0.3 is 24.8 Å². The molecule has 0 aromatic heterocycles. The van der Waals surface area contributed by atoms with Crippen molar-refractivity contribution < 1.29 is 29.6 Å². The summed E-state index contributed by atoms with van der Waals surface area (Å²) < 4.78 is 9.75. The van der Waals surface area contributed by atoms with Gasteiger partial charge in [-0.3, -0.25) is 0 Å². The highest BCUT2D eigenvalue weighted by Gasteiger charge is 2.40. The van der Waals surface area contributed by atoms with Crippen molar-refractivity contribution in [3.63, 3.8) is 0 Å². The van der Waals surface area contributed by atoms with Gasteiger partial charge in [0.2, 0.25) is 5.76 Å². The van der Waals surface area contributed by atoms with Gasteiger partial charge >= 0.3 is 5.97 Å². The van der Waals surface area contributed by atoms with Crippen molar-refractivity contribution in [3.8, 4) is 0 Å². The van der Waals surface area contributed by atoms with Crippen LogP contribution in [0.1, 0.15) is 13.8 Å². The molecule has 2 atom stereocenters. The normalized spacial score (nSPS) is 22.6. The molecule has 0 amide bonds. The number of aliphatic hydroxyl groups is 3. The van der Waals surface area contributed by atoms with E-state index >= 15 is 0 Å². The van der Waals surface area contributed by atoms with Crippen molar-refractivity contribution in [1.82, 2.24) is 0 Å². The molecular formula is C10H16O6. The van der Waals surface area contributed by atoms with E-state index in [2.05, 4.69) is 4.74 Å². The molecule has 0 unspecified atom stereocenters. The molecule has 0 aromatic rings. The predicted molar refractivity (Wildman–Crippen MR) is 53.4 cm³/mol. The number of cyclic esters (lactones) is 1. The number of hydrogen-bond donors (Lipinski definition) is 3. The molecule has 6 heteroatoms. The zero-order valence-electron chi connectivity index (χ0n) is 9.21. The molecule has 0 saturated heterocycles. The summed E-state index contributed by atoms with van der Waals surface area (Å²) in [6.07, 6.45) is -2.58. The zero-order chi connectivity index (χ0) is 12.3. The fourth-order valence-electron chi connectivity index (χ4n) is 1.20. The van der Waals surface area contributed by atoms with E-state index in [1.54, 1.807) is 0 Å². The molecule has 0 bridgehead atoms. The van der Waals surface area contributed by atoms with Crippen LogP contribution < -0.4 is 0 Å². The molecule has 1 aliphatic rings. The number of carbonyl (C=O) groups excluding carboxylic acids is 1. The molecule has 0 radical (unpaired) electrons. The first-order valence-electron chi connectivity index (χ1n) is 5.03. The van der Waals surface area contributed by atoms with Gasteiger partial charge in [0.15, 0.2) is 11.9 Å². The Balaban J connectivity index is 2.73. The minimum absolute atomic E-state index is 0.190. The van der Waals surface area contributed by atoms with Crippen molar-refractivity contribution in [2.45, 2.75) is 26.1 Å². The lowest BCUT2D eigenvalue weighted by atomic mass is 10.2. The van der Waals surface area contributed by atoms with Crippen molar-refractivity contribution in [3.05, 3.63) is 11.5 Å². The summed E-state index contributed by atoms with van der Waals surface area (Å²) in [7, 11) is 0. The SMILES string of the molecule is CC(C)COC1=C(O)[C@@H]([C@@H](O)CO)OC1=O. The van der Waals surface area contributed by atoms with Gasteiger partial charge in [0.25, 0.3) is 0 Å². The Bertz CT molecular complexity index is 296. The van der Waals surface area contributed by atoms with E-state index in [0.29, 0.717) is 0 Å². The molecule has 0 fully saturated rings. The van der Waals surface area contributed by atoms with Gasteiger partial charge in [0, 0.05) is 0 Å². The monoisotopic (exact) mass is 232 g/mol. The van der Waals surface area contributed by atoms with Crippen LogP contribution in [0.15, 0.2) is 11.5 Å². The van der Waals surface area contributed by atoms with Crippen LogP contribution in [0.4, 0.5) is 0 Å². The van der Waals surface area contributed by atoms with Gasteiger partial charge in [-0.2, -0.15) is 0 Å². The Morgan fingerprint density at radius 2 is 2.12 bits per heavy atom. The lowest BCUT2D eigenvalue weighted by Gasteiger charge is -2.13. The van der Waals surface area contributed by atoms with Gasteiger partial charge in [0.05, 0.1) is 13.2 Å². The third kappa shape index (κ3) is 2.65. The van der Waals surface area contributed by atoms with Gasteiger partial charge in [-0.15, -0.1) is 0 Å². The third-order valence-electron chi connectivity index (χ3n) is 2.02. The van der Waals surface area contributed by atoms with Gasteiger partial charge in [0.1, 0.15) is 6.10 Å². The Hall–Kier alpha value is -1.27. The average molecular weight is 232 g/mol. The van der Waals surface area contributed by atoms with Crippen LogP contribution in [0.2, 0.25) is 0 Å². The smallest absolute Gasteiger partial charge is 0.378 e. The number of ether oxygens (including phenoxy) is 2. The van der Waals surface area contributed by atoms with Crippen molar-refractivity contribution >= 4 is 5.97 Å². The first-order valence-corrected chi connectivity index (χ1v) is 5.03. The average Bonchev–Trinajstić information content (AvgIpc) is 2.51. The van der Waals surface area contributed by atoms with Gasteiger partial charge in [-0.25, -0.2) is 4.79 Å². The lowest BCUT2D eigenvalue weighted by Crippen LogP contribution is -2.31. The zero-order valence-corrected chi connectivity index (χ0v) is 9.21. The molecule has 1 heterocycles. The molecule has 92 valence electrons. The number of carbonyl (C=O) groups is 1. The maximum absolute atomic E-state index is 11.3. The molecule has 0 aliphatic carbocycles. The summed E-state index contributed by atoms with van der Waals surface area (Å²) in [5.41, 5.74) is 0. The highest BCUT2D eigenvalue weighted by atomic mass is 16.6. The van der Waals surface area contributed by atoms with Crippen LogP contribution in [0.3, 0.4) is 0 Å². The second-order valence-corrected chi connectivity index (χ2v) is 4.00. The molecule has 16 heavy (non-hydrogen) atoms. The van der Waals surface area contributed by atoms with Crippen LogP contribution in [0.25, 0.3) is 0 Å². The van der Waals surface area contributed by atoms with Gasteiger partial charge in [-0.1, -0.05) is 13.8 Å². The maximum atomic E-state index is 11.3. The van der Waals surface area contributed by atoms with Crippen LogP contribution >= 0.6 is 0 Å². The molecule has 1 rings (SSSR count). The topological polar surface area (TPSA) is 96.2 Å².